The van der Waals surface area contributed by atoms with E-state index >= 15 is 0 Å². The summed E-state index contributed by atoms with van der Waals surface area (Å²) in [5.74, 6) is 0.261. The molecular formula is C24H20N4O4S. The van der Waals surface area contributed by atoms with Gasteiger partial charge in [0.15, 0.2) is 0 Å². The van der Waals surface area contributed by atoms with Crippen LogP contribution in [0, 0.1) is 6.92 Å². The first kappa shape index (κ1) is 20.9. The summed E-state index contributed by atoms with van der Waals surface area (Å²) in [5.41, 5.74) is 9.64. The number of nitrogens with two attached hydrogens (primary N) is 1. The molecule has 0 spiro atoms. The topological polar surface area (TPSA) is 127 Å². The van der Waals surface area contributed by atoms with Crippen LogP contribution < -0.4 is 15.8 Å². The van der Waals surface area contributed by atoms with Crippen molar-refractivity contribution in [1.29, 1.82) is 0 Å². The average Bonchev–Trinajstić information content (AvgIpc) is 2.77. The minimum absolute atomic E-state index is 0.0560. The fourth-order valence-corrected chi connectivity index (χ4v) is 4.87. The predicted molar refractivity (Wildman–Crippen MR) is 130 cm³/mol. The molecule has 0 radical (unpaired) electrons. The number of benzene rings is 4. The molecule has 0 aliphatic carbocycles. The largest absolute Gasteiger partial charge is 0.494 e. The predicted octanol–water partition coefficient (Wildman–Crippen LogP) is 4.83. The zero-order valence-electron chi connectivity index (χ0n) is 17.8. The summed E-state index contributed by atoms with van der Waals surface area (Å²) in [6.07, 6.45) is 0. The van der Waals surface area contributed by atoms with Gasteiger partial charge in [0, 0.05) is 28.2 Å². The van der Waals surface area contributed by atoms with E-state index in [2.05, 4.69) is 10.3 Å². The van der Waals surface area contributed by atoms with Gasteiger partial charge in [-0.1, -0.05) is 36.4 Å². The van der Waals surface area contributed by atoms with Crippen LogP contribution in [0.15, 0.2) is 65.6 Å². The van der Waals surface area contributed by atoms with Gasteiger partial charge in [-0.3, -0.25) is 4.55 Å². The second-order valence-corrected chi connectivity index (χ2v) is 9.03. The molecule has 0 saturated heterocycles. The highest BCUT2D eigenvalue weighted by molar-refractivity contribution is 7.86. The maximum atomic E-state index is 12.1. The second-order valence-electron chi connectivity index (χ2n) is 7.67. The van der Waals surface area contributed by atoms with Crippen LogP contribution in [0.2, 0.25) is 0 Å². The Morgan fingerprint density at radius 2 is 1.73 bits per heavy atom. The average molecular weight is 461 g/mol. The fraction of sp³-hybridized carbons (Fsp3) is 0.0833. The molecule has 4 N–H and O–H groups in total. The van der Waals surface area contributed by atoms with E-state index in [1.54, 1.807) is 0 Å². The van der Waals surface area contributed by atoms with E-state index in [1.165, 1.54) is 13.2 Å². The lowest BCUT2D eigenvalue weighted by Gasteiger charge is -2.16. The number of hydrogen-bond donors (Lipinski definition) is 3. The molecule has 33 heavy (non-hydrogen) atoms. The lowest BCUT2D eigenvalue weighted by atomic mass is 10.0. The van der Waals surface area contributed by atoms with Crippen molar-refractivity contribution in [2.75, 3.05) is 18.2 Å². The number of anilines is 3. The van der Waals surface area contributed by atoms with Crippen LogP contribution >= 0.6 is 0 Å². The monoisotopic (exact) mass is 460 g/mol. The number of ether oxygens (including phenoxy) is 1. The Morgan fingerprint density at radius 1 is 0.970 bits per heavy atom. The van der Waals surface area contributed by atoms with Crippen molar-refractivity contribution in [3.05, 3.63) is 66.2 Å². The summed E-state index contributed by atoms with van der Waals surface area (Å²) < 4.78 is 39.5. The van der Waals surface area contributed by atoms with E-state index < -0.39 is 15.0 Å². The Bertz CT molecular complexity index is 1670. The van der Waals surface area contributed by atoms with Gasteiger partial charge in [0.05, 0.1) is 23.8 Å². The third-order valence-electron chi connectivity index (χ3n) is 5.53. The molecule has 4 aromatic carbocycles. The SMILES string of the molecule is COc1cc(N)c(S(=O)(=O)O)c2nc3cc(Nc4ccccc4)c4c(C)cccc4c3nc12. The summed E-state index contributed by atoms with van der Waals surface area (Å²) in [7, 11) is -3.23. The van der Waals surface area contributed by atoms with E-state index in [0.29, 0.717) is 11.0 Å². The Labute approximate surface area is 189 Å². The molecule has 0 bridgehead atoms. The maximum absolute atomic E-state index is 12.1. The summed E-state index contributed by atoms with van der Waals surface area (Å²) in [6.45, 7) is 2.01. The molecule has 0 aliphatic heterocycles. The van der Waals surface area contributed by atoms with Crippen molar-refractivity contribution >= 4 is 60.0 Å². The number of hydrogen-bond acceptors (Lipinski definition) is 7. The number of rotatable bonds is 4. The Morgan fingerprint density at radius 3 is 2.42 bits per heavy atom. The lowest BCUT2D eigenvalue weighted by Crippen LogP contribution is -2.07. The summed E-state index contributed by atoms with van der Waals surface area (Å²) in [6, 6.07) is 18.7. The quantitative estimate of drug-likeness (QED) is 0.151. The zero-order valence-corrected chi connectivity index (χ0v) is 18.6. The first-order valence-electron chi connectivity index (χ1n) is 10.1. The molecule has 9 heteroatoms. The van der Waals surface area contributed by atoms with Gasteiger partial charge < -0.3 is 15.8 Å². The molecule has 1 aromatic heterocycles. The van der Waals surface area contributed by atoms with Crippen LogP contribution in [0.3, 0.4) is 0 Å². The van der Waals surface area contributed by atoms with Crippen molar-refractivity contribution in [2.45, 2.75) is 11.8 Å². The molecular weight excluding hydrogens is 440 g/mol. The van der Waals surface area contributed by atoms with Gasteiger partial charge in [-0.2, -0.15) is 8.42 Å². The molecule has 5 rings (SSSR count). The smallest absolute Gasteiger partial charge is 0.298 e. The molecule has 0 saturated carbocycles. The molecule has 5 aromatic rings. The van der Waals surface area contributed by atoms with Gasteiger partial charge >= 0.3 is 0 Å². The number of aromatic nitrogens is 2. The minimum Gasteiger partial charge on any atom is -0.494 e. The molecule has 1 heterocycles. The van der Waals surface area contributed by atoms with Gasteiger partial charge in [0.25, 0.3) is 10.1 Å². The third kappa shape index (κ3) is 3.47. The van der Waals surface area contributed by atoms with Crippen LogP contribution in [0.4, 0.5) is 17.1 Å². The summed E-state index contributed by atoms with van der Waals surface area (Å²) in [4.78, 5) is 8.84. The summed E-state index contributed by atoms with van der Waals surface area (Å²) in [5, 5.41) is 5.23. The Kier molecular flexibility index (Phi) is 4.80. The van der Waals surface area contributed by atoms with Crippen molar-refractivity contribution < 1.29 is 17.7 Å². The van der Waals surface area contributed by atoms with Gasteiger partial charge in [-0.25, -0.2) is 9.97 Å². The zero-order chi connectivity index (χ0) is 23.3. The number of para-hydroxylation sites is 1. The number of nitrogens with one attached hydrogen (secondary N) is 1. The normalized spacial score (nSPS) is 11.8. The number of aryl methyl sites for hydroxylation is 1. The molecule has 8 nitrogen and oxygen atoms in total. The van der Waals surface area contributed by atoms with Crippen molar-refractivity contribution in [1.82, 2.24) is 9.97 Å². The highest BCUT2D eigenvalue weighted by Crippen LogP contribution is 2.39. The fourth-order valence-electron chi connectivity index (χ4n) is 4.12. The first-order chi connectivity index (χ1) is 15.8. The first-order valence-corrected chi connectivity index (χ1v) is 11.5. The highest BCUT2D eigenvalue weighted by Gasteiger charge is 2.24. The number of nitrogen functional groups attached to an aromatic ring is 1. The molecule has 0 unspecified atom stereocenters. The van der Waals surface area contributed by atoms with Crippen LogP contribution in [-0.4, -0.2) is 30.0 Å². The third-order valence-corrected chi connectivity index (χ3v) is 6.47. The van der Waals surface area contributed by atoms with E-state index in [4.69, 9.17) is 15.5 Å². The molecule has 0 atom stereocenters. The number of fused-ring (bicyclic) bond motifs is 4. The van der Waals surface area contributed by atoms with Gasteiger partial charge in [-0.15, -0.1) is 0 Å². The van der Waals surface area contributed by atoms with Gasteiger partial charge in [-0.05, 0) is 30.7 Å². The van der Waals surface area contributed by atoms with E-state index in [0.717, 1.165) is 27.7 Å². The maximum Gasteiger partial charge on any atom is 0.298 e. The molecule has 0 amide bonds. The molecule has 0 fully saturated rings. The standard InChI is InChI=1S/C24H20N4O4S/c1-13-7-6-10-15-20(13)17(26-14-8-4-3-5-9-14)12-18-21(15)28-22-19(32-2)11-16(25)24(23(22)27-18)33(29,30)31/h3-12,26H,25H2,1-2H3,(H,29,30,31). The van der Waals surface area contributed by atoms with Crippen LogP contribution in [0.5, 0.6) is 5.75 Å². The van der Waals surface area contributed by atoms with E-state index in [1.807, 2.05) is 61.5 Å². The van der Waals surface area contributed by atoms with Crippen molar-refractivity contribution in [2.24, 2.45) is 0 Å². The molecule has 0 aliphatic rings. The van der Waals surface area contributed by atoms with E-state index in [-0.39, 0.29) is 22.5 Å². The number of methoxy groups -OCH3 is 1. The molecule has 166 valence electrons. The van der Waals surface area contributed by atoms with Crippen molar-refractivity contribution in [3.8, 4) is 5.75 Å². The minimum atomic E-state index is -4.66. The second kappa shape index (κ2) is 7.58. The number of nitrogens with zero attached hydrogens (tertiary/aromatic N) is 2. The van der Waals surface area contributed by atoms with Crippen LogP contribution in [0.1, 0.15) is 5.56 Å². The highest BCUT2D eigenvalue weighted by atomic mass is 32.2. The lowest BCUT2D eigenvalue weighted by molar-refractivity contribution is 0.419. The van der Waals surface area contributed by atoms with Crippen LogP contribution in [-0.2, 0) is 10.1 Å². The van der Waals surface area contributed by atoms with Gasteiger partial charge in [0.2, 0.25) is 0 Å². The van der Waals surface area contributed by atoms with Gasteiger partial charge in [0.1, 0.15) is 21.7 Å². The van der Waals surface area contributed by atoms with Crippen molar-refractivity contribution in [3.63, 3.8) is 0 Å². The Hall–Kier alpha value is -3.95. The summed E-state index contributed by atoms with van der Waals surface area (Å²) >= 11 is 0. The van der Waals surface area contributed by atoms with Crippen LogP contribution in [0.25, 0.3) is 32.8 Å². The van der Waals surface area contributed by atoms with E-state index in [9.17, 15) is 13.0 Å². The Balaban J connectivity index is 1.93.